The molecule has 5 fully saturated rings. The molecular formula is C51H73N3O6S. The van der Waals surface area contributed by atoms with Crippen molar-refractivity contribution in [1.82, 2.24) is 10.3 Å². The van der Waals surface area contributed by atoms with Gasteiger partial charge in [-0.1, -0.05) is 52.0 Å². The Morgan fingerprint density at radius 2 is 1.66 bits per heavy atom. The van der Waals surface area contributed by atoms with Crippen LogP contribution >= 0.6 is 0 Å². The molecule has 0 aromatic carbocycles. The average molecular weight is 856 g/mol. The van der Waals surface area contributed by atoms with Crippen molar-refractivity contribution in [2.45, 2.75) is 160 Å². The summed E-state index contributed by atoms with van der Waals surface area (Å²) in [4.78, 5) is 17.0. The number of nitrogens with zero attached hydrogens (tertiary/aromatic N) is 2. The van der Waals surface area contributed by atoms with Gasteiger partial charge in [0, 0.05) is 18.0 Å². The van der Waals surface area contributed by atoms with Crippen LogP contribution < -0.4 is 10.1 Å². The van der Waals surface area contributed by atoms with Crippen LogP contribution in [0.25, 0.3) is 0 Å². The quantitative estimate of drug-likeness (QED) is 0.185. The van der Waals surface area contributed by atoms with E-state index in [9.17, 15) is 28.7 Å². The van der Waals surface area contributed by atoms with Crippen molar-refractivity contribution in [2.24, 2.45) is 57.2 Å². The number of carbonyl (C=O) groups is 1. The highest BCUT2D eigenvalue weighted by Crippen LogP contribution is 2.72. The van der Waals surface area contributed by atoms with E-state index in [2.05, 4.69) is 69.7 Å². The normalized spacial score (nSPS) is 41.7. The lowest BCUT2D eigenvalue weighted by molar-refractivity contribution is -0.170. The Bertz CT molecular complexity index is 2110. The van der Waals surface area contributed by atoms with Gasteiger partial charge in [0.2, 0.25) is 5.88 Å². The standard InChI is InChI=1S/C51H73N3O6S/c1-33(2)37-18-25-51(54-30-28-50(57)23-16-36(17-24-50)61(7,58)59)27-26-47(5)39-12-13-42-46(3,4)38(19-20-48(42,6)40(39)10-11-41(47)43(37)51)34-14-21-49(22-15-34,45(55)56)32-60-44-35(31-52)9-8-29-53-44/h8-9,14,19,29,36-37,39-43,54,57H,1,10-13,15-18,20-28,30,32H2,2-7H3,(H,55,56)/t36?,37-,39?,40-,41+,42-,43+,47-,48+,49+,50?,51-/m0/s1. The molecule has 7 aliphatic carbocycles. The van der Waals surface area contributed by atoms with Crippen molar-refractivity contribution in [3.63, 3.8) is 0 Å². The second kappa shape index (κ2) is 15.9. The highest BCUT2D eigenvalue weighted by atomic mass is 32.2. The van der Waals surface area contributed by atoms with Crippen LogP contribution in [-0.2, 0) is 14.6 Å². The number of nitrogens with one attached hydrogen (secondary N) is 1. The van der Waals surface area contributed by atoms with E-state index in [4.69, 9.17) is 4.74 Å². The molecule has 334 valence electrons. The van der Waals surface area contributed by atoms with Crippen LogP contribution in [0.15, 0.2) is 53.8 Å². The molecule has 0 aliphatic heterocycles. The van der Waals surface area contributed by atoms with Crippen LogP contribution in [0, 0.1) is 68.5 Å². The third-order valence-electron chi connectivity index (χ3n) is 19.2. The lowest BCUT2D eigenvalue weighted by Gasteiger charge is -2.68. The Labute approximate surface area is 366 Å². The van der Waals surface area contributed by atoms with Gasteiger partial charge in [-0.05, 0) is 198 Å². The van der Waals surface area contributed by atoms with Gasteiger partial charge in [-0.15, -0.1) is 0 Å². The summed E-state index contributed by atoms with van der Waals surface area (Å²) in [6.45, 7) is 17.8. The summed E-state index contributed by atoms with van der Waals surface area (Å²) in [6, 6.07) is 5.42. The Morgan fingerprint density at radius 1 is 0.951 bits per heavy atom. The number of ether oxygens (including phenoxy) is 1. The van der Waals surface area contributed by atoms with Gasteiger partial charge in [0.05, 0.1) is 10.9 Å². The van der Waals surface area contributed by atoms with E-state index in [1.165, 1.54) is 67.9 Å². The van der Waals surface area contributed by atoms with Gasteiger partial charge in [0.25, 0.3) is 0 Å². The monoisotopic (exact) mass is 856 g/mol. The first-order chi connectivity index (χ1) is 28.7. The molecular weight excluding hydrogens is 783 g/mol. The zero-order valence-corrected chi connectivity index (χ0v) is 38.7. The molecule has 3 N–H and O–H groups in total. The van der Waals surface area contributed by atoms with Gasteiger partial charge < -0.3 is 20.3 Å². The van der Waals surface area contributed by atoms with E-state index in [1.54, 1.807) is 18.3 Å². The molecule has 1 aromatic heterocycles. The van der Waals surface area contributed by atoms with Gasteiger partial charge >= 0.3 is 5.97 Å². The number of hydrogen-bond donors (Lipinski definition) is 3. The minimum atomic E-state index is -3.07. The van der Waals surface area contributed by atoms with Gasteiger partial charge in [0.1, 0.15) is 33.5 Å². The largest absolute Gasteiger partial charge is 0.481 e. The van der Waals surface area contributed by atoms with E-state index in [1.807, 2.05) is 0 Å². The molecule has 0 bridgehead atoms. The van der Waals surface area contributed by atoms with Crippen molar-refractivity contribution >= 4 is 15.8 Å². The predicted octanol–water partition coefficient (Wildman–Crippen LogP) is 9.77. The van der Waals surface area contributed by atoms with Crippen LogP contribution in [0.1, 0.15) is 149 Å². The molecule has 5 saturated carbocycles. The molecule has 61 heavy (non-hydrogen) atoms. The summed E-state index contributed by atoms with van der Waals surface area (Å²) in [6.07, 6.45) is 22.9. The van der Waals surface area contributed by atoms with Gasteiger partial charge in [-0.2, -0.15) is 5.26 Å². The third-order valence-corrected chi connectivity index (χ3v) is 20.8. The number of nitriles is 1. The van der Waals surface area contributed by atoms with Crippen LogP contribution in [-0.4, -0.2) is 65.4 Å². The first kappa shape index (κ1) is 44.6. The van der Waals surface area contributed by atoms with E-state index in [-0.39, 0.29) is 39.5 Å². The predicted molar refractivity (Wildman–Crippen MR) is 239 cm³/mol. The van der Waals surface area contributed by atoms with Gasteiger partial charge in [-0.3, -0.25) is 4.79 Å². The first-order valence-corrected chi connectivity index (χ1v) is 25.6. The minimum Gasteiger partial charge on any atom is -0.481 e. The summed E-state index contributed by atoms with van der Waals surface area (Å²) >= 11 is 0. The minimum absolute atomic E-state index is 0.0202. The third kappa shape index (κ3) is 7.56. The Morgan fingerprint density at radius 3 is 2.31 bits per heavy atom. The fraction of sp³-hybridized carbons (Fsp3) is 0.745. The molecule has 0 radical (unpaired) electrons. The number of carboxylic acid groups (broad SMARTS) is 1. The number of aliphatic hydroxyl groups is 1. The number of carboxylic acids is 1. The lowest BCUT2D eigenvalue weighted by atomic mass is 9.37. The number of hydrogen-bond acceptors (Lipinski definition) is 8. The SMILES string of the molecule is C=C(C)[C@@H]1CC[C@]2(NCCC3(O)CCC(S(C)(=O)=O)CC3)CC[C@@]3(C)C4CC[C@H]5C(C)(C)C(C6=CC[C@@](COc7ncccc7C#N)(C(=O)O)CC6)=CC[C@]5(C)[C@H]4CC[C@@H]3[C@@H]12. The van der Waals surface area contributed by atoms with Crippen LogP contribution in [0.5, 0.6) is 5.88 Å². The molecule has 0 saturated heterocycles. The summed E-state index contributed by atoms with van der Waals surface area (Å²) in [7, 11) is -3.07. The van der Waals surface area contributed by atoms with Crippen molar-refractivity contribution in [1.29, 1.82) is 5.26 Å². The topological polar surface area (TPSA) is 150 Å². The first-order valence-electron chi connectivity index (χ1n) is 23.7. The number of aromatic nitrogens is 1. The molecule has 0 spiro atoms. The number of pyridine rings is 1. The van der Waals surface area contributed by atoms with Crippen molar-refractivity contribution in [2.75, 3.05) is 19.4 Å². The van der Waals surface area contributed by atoms with Gasteiger partial charge in [-0.25, -0.2) is 13.4 Å². The lowest BCUT2D eigenvalue weighted by Crippen LogP contribution is -2.64. The summed E-state index contributed by atoms with van der Waals surface area (Å²) < 4.78 is 30.4. The van der Waals surface area contributed by atoms with Crippen molar-refractivity contribution in [3.8, 4) is 11.9 Å². The maximum atomic E-state index is 12.8. The van der Waals surface area contributed by atoms with E-state index >= 15 is 0 Å². The molecule has 8 rings (SSSR count). The Hall–Kier alpha value is -3.00. The molecule has 1 heterocycles. The highest BCUT2D eigenvalue weighted by Gasteiger charge is 2.66. The highest BCUT2D eigenvalue weighted by molar-refractivity contribution is 7.91. The van der Waals surface area contributed by atoms with Crippen molar-refractivity contribution < 1.29 is 28.2 Å². The Kier molecular flexibility index (Phi) is 11.6. The maximum absolute atomic E-state index is 12.8. The fourth-order valence-electron chi connectivity index (χ4n) is 15.8. The number of aliphatic carboxylic acids is 1. The molecule has 1 unspecified atom stereocenters. The zero-order valence-electron chi connectivity index (χ0n) is 37.9. The summed E-state index contributed by atoms with van der Waals surface area (Å²) in [5, 5.41) is 35.4. The van der Waals surface area contributed by atoms with E-state index in [0.29, 0.717) is 92.4 Å². The number of rotatable bonds is 11. The number of fused-ring (bicyclic) bond motifs is 7. The molecule has 9 nitrogen and oxygen atoms in total. The second-order valence-corrected chi connectivity index (χ2v) is 24.8. The van der Waals surface area contributed by atoms with Crippen LogP contribution in [0.2, 0.25) is 0 Å². The average Bonchev–Trinajstić information content (AvgIpc) is 3.60. The molecule has 1 aromatic rings. The molecule has 10 atom stereocenters. The molecule has 0 amide bonds. The smallest absolute Gasteiger partial charge is 0.313 e. The van der Waals surface area contributed by atoms with E-state index in [0.717, 1.165) is 19.4 Å². The van der Waals surface area contributed by atoms with Crippen molar-refractivity contribution in [3.05, 3.63) is 59.3 Å². The zero-order chi connectivity index (χ0) is 43.8. The summed E-state index contributed by atoms with van der Waals surface area (Å²) in [5.74, 6) is 2.89. The maximum Gasteiger partial charge on any atom is 0.313 e. The van der Waals surface area contributed by atoms with E-state index < -0.39 is 26.8 Å². The molecule has 10 heteroatoms. The summed E-state index contributed by atoms with van der Waals surface area (Å²) in [5.41, 5.74) is 2.98. The van der Waals surface area contributed by atoms with Gasteiger partial charge in [0.15, 0.2) is 0 Å². The number of sulfone groups is 1. The van der Waals surface area contributed by atoms with Crippen LogP contribution in [0.3, 0.4) is 0 Å². The molecule has 7 aliphatic rings. The number of allylic oxidation sites excluding steroid dienone is 5. The fourth-order valence-corrected chi connectivity index (χ4v) is 16.8. The Balaban J connectivity index is 0.977. The van der Waals surface area contributed by atoms with Crippen LogP contribution in [0.4, 0.5) is 0 Å². The second-order valence-electron chi connectivity index (χ2n) is 22.5.